The van der Waals surface area contributed by atoms with E-state index in [-0.39, 0.29) is 15.8 Å². The molecule has 5 nitrogen and oxygen atoms in total. The lowest BCUT2D eigenvalue weighted by atomic mass is 9.63. The predicted molar refractivity (Wildman–Crippen MR) is 105 cm³/mol. The van der Waals surface area contributed by atoms with Crippen LogP contribution in [0.3, 0.4) is 0 Å². The van der Waals surface area contributed by atoms with Crippen LogP contribution in [0.25, 0.3) is 0 Å². The molecule has 3 aliphatic heterocycles. The van der Waals surface area contributed by atoms with E-state index in [0.717, 1.165) is 24.3 Å². The second-order valence-electron chi connectivity index (χ2n) is 7.91. The number of rotatable bonds is 2. The fourth-order valence-electron chi connectivity index (χ4n) is 5.97. The van der Waals surface area contributed by atoms with E-state index in [1.54, 1.807) is 0 Å². The molecule has 3 atom stereocenters. The van der Waals surface area contributed by atoms with Crippen molar-refractivity contribution in [1.82, 2.24) is 0 Å². The van der Waals surface area contributed by atoms with Gasteiger partial charge in [-0.15, -0.1) is 23.5 Å². The van der Waals surface area contributed by atoms with Crippen LogP contribution in [0.5, 0.6) is 0 Å². The summed E-state index contributed by atoms with van der Waals surface area (Å²) in [5.41, 5.74) is 3.13. The van der Waals surface area contributed by atoms with Crippen molar-refractivity contribution in [1.29, 1.82) is 0 Å². The van der Waals surface area contributed by atoms with Gasteiger partial charge in [-0.2, -0.15) is 0 Å². The minimum absolute atomic E-state index is 0.0613. The van der Waals surface area contributed by atoms with Gasteiger partial charge in [-0.1, -0.05) is 6.42 Å². The summed E-state index contributed by atoms with van der Waals surface area (Å²) in [6.07, 6.45) is 5.64. The average molecular weight is 409 g/mol. The molecule has 7 heteroatoms. The Bertz CT molecular complexity index is 779. The molecule has 2 saturated heterocycles. The highest BCUT2D eigenvalue weighted by Gasteiger charge is 2.70. The van der Waals surface area contributed by atoms with Gasteiger partial charge in [0.25, 0.3) is 0 Å². The third kappa shape index (κ3) is 2.25. The predicted octanol–water partition coefficient (Wildman–Crippen LogP) is 3.24. The first kappa shape index (κ1) is 18.1. The van der Waals surface area contributed by atoms with Gasteiger partial charge in [0, 0.05) is 24.3 Å². The Morgan fingerprint density at radius 1 is 1.07 bits per heavy atom. The SMILES string of the molecule is COC(=O)C1=C(C(=O)OC)CC2=C(C1)[C@H]1C[C@@H]3CCCC4(SCCS4)[C@@]23O1. The molecule has 1 saturated carbocycles. The summed E-state index contributed by atoms with van der Waals surface area (Å²) in [6, 6.07) is 0. The third-order valence-corrected chi connectivity index (χ3v) is 10.7. The molecule has 146 valence electrons. The maximum Gasteiger partial charge on any atom is 0.334 e. The lowest BCUT2D eigenvalue weighted by Crippen LogP contribution is -2.56. The number of carbonyl (C=O) groups is 2. The maximum atomic E-state index is 12.5. The van der Waals surface area contributed by atoms with E-state index in [4.69, 9.17) is 14.2 Å². The molecule has 0 unspecified atom stereocenters. The molecule has 2 bridgehead atoms. The molecule has 27 heavy (non-hydrogen) atoms. The second-order valence-corrected chi connectivity index (χ2v) is 11.0. The van der Waals surface area contributed by atoms with Gasteiger partial charge in [0.15, 0.2) is 0 Å². The molecule has 0 aromatic rings. The normalized spacial score (nSPS) is 36.1. The van der Waals surface area contributed by atoms with E-state index in [2.05, 4.69) is 23.5 Å². The van der Waals surface area contributed by atoms with E-state index < -0.39 is 11.9 Å². The Kier molecular flexibility index (Phi) is 4.22. The highest BCUT2D eigenvalue weighted by Crippen LogP contribution is 2.71. The lowest BCUT2D eigenvalue weighted by molar-refractivity contribution is -0.139. The summed E-state index contributed by atoms with van der Waals surface area (Å²) in [5, 5.41) is 0. The van der Waals surface area contributed by atoms with Crippen LogP contribution >= 0.6 is 23.5 Å². The molecule has 0 radical (unpaired) electrons. The first-order valence-electron chi connectivity index (χ1n) is 9.63. The molecule has 2 aliphatic carbocycles. The molecule has 5 aliphatic rings. The number of methoxy groups -OCH3 is 2. The fourth-order valence-corrected chi connectivity index (χ4v) is 9.81. The van der Waals surface area contributed by atoms with Crippen molar-refractivity contribution in [3.05, 3.63) is 22.3 Å². The molecule has 3 heterocycles. The Labute approximate surface area is 167 Å². The van der Waals surface area contributed by atoms with Crippen molar-refractivity contribution in [3.63, 3.8) is 0 Å². The van der Waals surface area contributed by atoms with E-state index in [0.29, 0.717) is 29.9 Å². The first-order chi connectivity index (χ1) is 13.1. The van der Waals surface area contributed by atoms with Gasteiger partial charge in [-0.25, -0.2) is 9.59 Å². The van der Waals surface area contributed by atoms with Gasteiger partial charge in [-0.05, 0) is 36.3 Å². The quantitative estimate of drug-likeness (QED) is 0.513. The van der Waals surface area contributed by atoms with Crippen LogP contribution in [0, 0.1) is 5.92 Å². The van der Waals surface area contributed by atoms with E-state index in [1.165, 1.54) is 38.2 Å². The van der Waals surface area contributed by atoms with Crippen molar-refractivity contribution in [2.75, 3.05) is 25.7 Å². The van der Waals surface area contributed by atoms with Crippen molar-refractivity contribution >= 4 is 35.5 Å². The summed E-state index contributed by atoms with van der Waals surface area (Å²) in [6.45, 7) is 0. The number of carbonyl (C=O) groups excluding carboxylic acids is 2. The molecular weight excluding hydrogens is 384 g/mol. The highest BCUT2D eigenvalue weighted by molar-refractivity contribution is 8.21. The minimum atomic E-state index is -0.429. The van der Waals surface area contributed by atoms with Crippen molar-refractivity contribution in [2.45, 2.75) is 54.3 Å². The van der Waals surface area contributed by atoms with Crippen LogP contribution in [0.4, 0.5) is 0 Å². The topological polar surface area (TPSA) is 61.8 Å². The lowest BCUT2D eigenvalue weighted by Gasteiger charge is -2.52. The second kappa shape index (κ2) is 6.29. The largest absolute Gasteiger partial charge is 0.466 e. The van der Waals surface area contributed by atoms with Crippen molar-refractivity contribution < 1.29 is 23.8 Å². The number of esters is 2. The van der Waals surface area contributed by atoms with Gasteiger partial charge in [-0.3, -0.25) is 0 Å². The van der Waals surface area contributed by atoms with E-state index in [1.807, 2.05) is 0 Å². The van der Waals surface area contributed by atoms with Crippen LogP contribution in [-0.4, -0.2) is 53.4 Å². The fraction of sp³-hybridized carbons (Fsp3) is 0.700. The van der Waals surface area contributed by atoms with Gasteiger partial charge in [0.1, 0.15) is 5.60 Å². The molecule has 0 aromatic heterocycles. The maximum absolute atomic E-state index is 12.5. The number of ether oxygens (including phenoxy) is 3. The van der Waals surface area contributed by atoms with Gasteiger partial charge in [0.2, 0.25) is 0 Å². The Hall–Kier alpha value is -0.920. The van der Waals surface area contributed by atoms with Crippen LogP contribution in [0.2, 0.25) is 0 Å². The summed E-state index contributed by atoms with van der Waals surface area (Å²) < 4.78 is 16.9. The van der Waals surface area contributed by atoms with Crippen LogP contribution in [0.1, 0.15) is 38.5 Å². The van der Waals surface area contributed by atoms with Crippen molar-refractivity contribution in [2.24, 2.45) is 5.92 Å². The smallest absolute Gasteiger partial charge is 0.334 e. The Morgan fingerprint density at radius 2 is 1.74 bits per heavy atom. The standard InChI is InChI=1S/C20H24O5S2/c1-23-17(21)12-9-14-15(10-13(12)18(22)24-2)20-11(8-16(14)25-20)4-3-5-19(20)26-6-7-27-19/h11,16H,3-10H2,1-2H3/t11-,16+,20-/m0/s1. The summed E-state index contributed by atoms with van der Waals surface area (Å²) >= 11 is 4.11. The average Bonchev–Trinajstić information content (AvgIpc) is 3.39. The number of thioether (sulfide) groups is 2. The number of hydrogen-bond acceptors (Lipinski definition) is 7. The minimum Gasteiger partial charge on any atom is -0.466 e. The first-order valence-corrected chi connectivity index (χ1v) is 11.6. The summed E-state index contributed by atoms with van der Waals surface area (Å²) in [4.78, 5) is 24.9. The van der Waals surface area contributed by atoms with E-state index in [9.17, 15) is 9.59 Å². The number of fused-ring (bicyclic) bond motifs is 2. The van der Waals surface area contributed by atoms with E-state index >= 15 is 0 Å². The van der Waals surface area contributed by atoms with Crippen LogP contribution in [-0.2, 0) is 23.8 Å². The van der Waals surface area contributed by atoms with Gasteiger partial charge in [0.05, 0.1) is 35.5 Å². The Morgan fingerprint density at radius 3 is 2.41 bits per heavy atom. The molecule has 0 aromatic carbocycles. The molecule has 0 amide bonds. The molecule has 5 rings (SSSR count). The zero-order valence-electron chi connectivity index (χ0n) is 15.7. The van der Waals surface area contributed by atoms with Gasteiger partial charge < -0.3 is 14.2 Å². The monoisotopic (exact) mass is 408 g/mol. The summed E-state index contributed by atoms with van der Waals surface area (Å²) in [7, 11) is 2.74. The van der Waals surface area contributed by atoms with Crippen molar-refractivity contribution in [3.8, 4) is 0 Å². The molecular formula is C20H24O5S2. The Balaban J connectivity index is 1.61. The van der Waals surface area contributed by atoms with Gasteiger partial charge >= 0.3 is 11.9 Å². The zero-order valence-corrected chi connectivity index (χ0v) is 17.3. The summed E-state index contributed by atoms with van der Waals surface area (Å²) in [5.74, 6) is 1.98. The molecule has 0 N–H and O–H groups in total. The highest BCUT2D eigenvalue weighted by atomic mass is 32.2. The van der Waals surface area contributed by atoms with Crippen LogP contribution < -0.4 is 0 Å². The zero-order chi connectivity index (χ0) is 18.8. The molecule has 2 spiro atoms. The third-order valence-electron chi connectivity index (χ3n) is 6.95. The van der Waals surface area contributed by atoms with Crippen LogP contribution in [0.15, 0.2) is 22.3 Å². The molecule has 3 fully saturated rings. The number of hydrogen-bond donors (Lipinski definition) is 0.